The minimum atomic E-state index is -4.83. The van der Waals surface area contributed by atoms with Crippen LogP contribution in [-0.4, -0.2) is 69.8 Å². The SMILES string of the molecule is CCCCCCCCCCCCOCCOC(=O)CC(C(=O)OCCOCCCCCCCCCCCC)S(=O)(=O)O.[H-].[H-].[Na+].[Na+]. The van der Waals surface area contributed by atoms with Crippen molar-refractivity contribution in [3.05, 3.63) is 0 Å². The zero-order valence-corrected chi connectivity index (χ0v) is 33.6. The molecule has 0 radical (unpaired) electrons. The van der Waals surface area contributed by atoms with Crippen LogP contribution in [0.3, 0.4) is 0 Å². The van der Waals surface area contributed by atoms with Gasteiger partial charge in [-0.3, -0.25) is 14.1 Å². The second-order valence-corrected chi connectivity index (χ2v) is 12.8. The van der Waals surface area contributed by atoms with Gasteiger partial charge in [-0.05, 0) is 12.8 Å². The maximum Gasteiger partial charge on any atom is 1.00 e. The minimum absolute atomic E-state index is 0. The molecule has 254 valence electrons. The van der Waals surface area contributed by atoms with E-state index in [0.29, 0.717) is 13.2 Å². The predicted octanol–water partition coefficient (Wildman–Crippen LogP) is 1.83. The van der Waals surface area contributed by atoms with Crippen molar-refractivity contribution >= 4 is 22.1 Å². The largest absolute Gasteiger partial charge is 1.00 e. The van der Waals surface area contributed by atoms with Gasteiger partial charge in [0.05, 0.1) is 19.6 Å². The molecule has 0 aliphatic rings. The first kappa shape index (κ1) is 49.2. The normalized spacial score (nSPS) is 11.8. The molecule has 1 unspecified atom stereocenters. The van der Waals surface area contributed by atoms with Crippen molar-refractivity contribution in [2.24, 2.45) is 0 Å². The van der Waals surface area contributed by atoms with Gasteiger partial charge in [0.15, 0.2) is 5.25 Å². The Morgan fingerprint density at radius 2 is 0.886 bits per heavy atom. The van der Waals surface area contributed by atoms with Gasteiger partial charge in [-0.25, -0.2) is 0 Å². The van der Waals surface area contributed by atoms with Gasteiger partial charge in [0.2, 0.25) is 0 Å². The molecule has 12 heteroatoms. The van der Waals surface area contributed by atoms with Gasteiger partial charge >= 0.3 is 71.1 Å². The fourth-order valence-electron chi connectivity index (χ4n) is 4.62. The topological polar surface area (TPSA) is 125 Å². The summed E-state index contributed by atoms with van der Waals surface area (Å²) in [6.07, 6.45) is 23.7. The van der Waals surface area contributed by atoms with E-state index >= 15 is 0 Å². The van der Waals surface area contributed by atoms with E-state index in [1.54, 1.807) is 0 Å². The first-order valence-corrected chi connectivity index (χ1v) is 18.3. The molecule has 0 aromatic heterocycles. The van der Waals surface area contributed by atoms with Crippen LogP contribution < -0.4 is 59.1 Å². The predicted molar refractivity (Wildman–Crippen MR) is 169 cm³/mol. The van der Waals surface area contributed by atoms with E-state index in [4.69, 9.17) is 18.9 Å². The molecular formula is C32H64Na2O9S. The number of unbranched alkanes of at least 4 members (excludes halogenated alkanes) is 18. The Morgan fingerprint density at radius 1 is 0.545 bits per heavy atom. The van der Waals surface area contributed by atoms with Crippen LogP contribution in [0.15, 0.2) is 0 Å². The molecule has 0 aliphatic heterocycles. The van der Waals surface area contributed by atoms with Crippen molar-refractivity contribution in [1.82, 2.24) is 0 Å². The van der Waals surface area contributed by atoms with Crippen LogP contribution in [0.1, 0.15) is 152 Å². The molecule has 0 heterocycles. The van der Waals surface area contributed by atoms with Gasteiger partial charge in [-0.15, -0.1) is 0 Å². The van der Waals surface area contributed by atoms with Gasteiger partial charge in [0.25, 0.3) is 10.1 Å². The Kier molecular flexibility index (Phi) is 40.9. The average molecular weight is 671 g/mol. The van der Waals surface area contributed by atoms with E-state index in [1.807, 2.05) is 0 Å². The number of hydrogen-bond acceptors (Lipinski definition) is 8. The number of ether oxygens (including phenoxy) is 4. The third kappa shape index (κ3) is 34.1. The molecule has 0 fully saturated rings. The van der Waals surface area contributed by atoms with Crippen LogP contribution in [0.25, 0.3) is 0 Å². The zero-order chi connectivity index (χ0) is 31.2. The minimum Gasteiger partial charge on any atom is -1.00 e. The Morgan fingerprint density at radius 3 is 1.25 bits per heavy atom. The molecule has 0 aliphatic carbocycles. The fraction of sp³-hybridized carbons (Fsp3) is 0.938. The summed E-state index contributed by atoms with van der Waals surface area (Å²) in [5.41, 5.74) is 0. The third-order valence-electron chi connectivity index (χ3n) is 7.22. The van der Waals surface area contributed by atoms with Crippen molar-refractivity contribution in [2.45, 2.75) is 154 Å². The van der Waals surface area contributed by atoms with Gasteiger partial charge < -0.3 is 21.8 Å². The summed E-state index contributed by atoms with van der Waals surface area (Å²) in [5, 5.41) is -2.03. The molecule has 0 bridgehead atoms. The Labute approximate surface area is 316 Å². The van der Waals surface area contributed by atoms with Crippen LogP contribution in [0.5, 0.6) is 0 Å². The third-order valence-corrected chi connectivity index (χ3v) is 8.30. The molecule has 44 heavy (non-hydrogen) atoms. The van der Waals surface area contributed by atoms with Crippen molar-refractivity contribution in [2.75, 3.05) is 39.6 Å². The van der Waals surface area contributed by atoms with Gasteiger partial charge in [0, 0.05) is 13.2 Å². The summed E-state index contributed by atoms with van der Waals surface area (Å²) in [6, 6.07) is 0. The van der Waals surface area contributed by atoms with Crippen LogP contribution in [-0.2, 0) is 38.7 Å². The fourth-order valence-corrected chi connectivity index (χ4v) is 5.27. The number of carbonyl (C=O) groups excluding carboxylic acids is 2. The standard InChI is InChI=1S/C32H62O9S.2Na.2H/c1-3-5-7-9-11-13-15-17-19-21-23-38-25-27-40-31(33)29-30(42(35,36)37)32(34)41-28-26-39-24-22-20-18-16-14-12-10-8-6-4-2;;;;/h30H,3-29H2,1-2H3,(H,35,36,37);;;;/q;2*+1;2*-1. The van der Waals surface area contributed by atoms with Crippen molar-refractivity contribution in [1.29, 1.82) is 0 Å². The van der Waals surface area contributed by atoms with Crippen LogP contribution in [0, 0.1) is 0 Å². The molecule has 0 spiro atoms. The van der Waals surface area contributed by atoms with Crippen LogP contribution in [0.4, 0.5) is 0 Å². The quantitative estimate of drug-likeness (QED) is 0.0494. The number of carbonyl (C=O) groups is 2. The molecule has 0 aromatic carbocycles. The Balaban J connectivity index is -0.00000140. The summed E-state index contributed by atoms with van der Waals surface area (Å²) >= 11 is 0. The summed E-state index contributed by atoms with van der Waals surface area (Å²) in [5.74, 6) is -2.12. The molecule has 0 aromatic rings. The second-order valence-electron chi connectivity index (χ2n) is 11.2. The Bertz CT molecular complexity index is 751. The second kappa shape index (κ2) is 36.6. The number of esters is 2. The van der Waals surface area contributed by atoms with E-state index in [1.165, 1.54) is 103 Å². The molecule has 9 nitrogen and oxygen atoms in total. The summed E-state index contributed by atoms with van der Waals surface area (Å²) in [6.45, 7) is 5.62. The molecule has 1 atom stereocenters. The van der Waals surface area contributed by atoms with E-state index < -0.39 is 33.7 Å². The zero-order valence-electron chi connectivity index (χ0n) is 30.8. The van der Waals surface area contributed by atoms with Crippen molar-refractivity contribution in [3.63, 3.8) is 0 Å². The van der Waals surface area contributed by atoms with E-state index in [-0.39, 0.29) is 88.4 Å². The van der Waals surface area contributed by atoms with Crippen molar-refractivity contribution in [3.8, 4) is 0 Å². The van der Waals surface area contributed by atoms with Gasteiger partial charge in [-0.1, -0.05) is 129 Å². The first-order valence-electron chi connectivity index (χ1n) is 16.8. The molecule has 0 rings (SSSR count). The maximum atomic E-state index is 12.2. The smallest absolute Gasteiger partial charge is 1.00 e. The summed E-state index contributed by atoms with van der Waals surface area (Å²) in [4.78, 5) is 24.2. The van der Waals surface area contributed by atoms with Gasteiger partial charge in [-0.2, -0.15) is 8.42 Å². The van der Waals surface area contributed by atoms with Crippen molar-refractivity contribution < 1.29 is 103 Å². The number of rotatable bonds is 32. The number of hydrogen-bond donors (Lipinski definition) is 1. The average Bonchev–Trinajstić information content (AvgIpc) is 2.95. The first-order chi connectivity index (χ1) is 20.3. The summed E-state index contributed by atoms with van der Waals surface area (Å²) < 4.78 is 53.5. The summed E-state index contributed by atoms with van der Waals surface area (Å²) in [7, 11) is -4.83. The molecule has 0 saturated heterocycles. The van der Waals surface area contributed by atoms with Crippen LogP contribution in [0.2, 0.25) is 0 Å². The van der Waals surface area contributed by atoms with E-state index in [2.05, 4.69) is 13.8 Å². The Hall–Kier alpha value is 0.770. The van der Waals surface area contributed by atoms with Gasteiger partial charge in [0.1, 0.15) is 13.2 Å². The molecular weight excluding hydrogens is 606 g/mol. The molecule has 1 N–H and O–H groups in total. The molecule has 0 amide bonds. The van der Waals surface area contributed by atoms with E-state index in [9.17, 15) is 22.6 Å². The molecule has 0 saturated carbocycles. The van der Waals surface area contributed by atoms with Crippen LogP contribution >= 0.6 is 0 Å². The van der Waals surface area contributed by atoms with E-state index in [0.717, 1.165) is 25.7 Å². The maximum absolute atomic E-state index is 12.2. The monoisotopic (exact) mass is 670 g/mol.